The Morgan fingerprint density at radius 2 is 1.76 bits per heavy atom. The molecule has 1 heterocycles. The van der Waals surface area contributed by atoms with E-state index in [-0.39, 0.29) is 65.5 Å². The van der Waals surface area contributed by atoms with Crippen LogP contribution in [0.3, 0.4) is 0 Å². The Morgan fingerprint density at radius 1 is 1.04 bits per heavy atom. The highest BCUT2D eigenvalue weighted by molar-refractivity contribution is 6.74. The molecule has 0 spiro atoms. The predicted molar refractivity (Wildman–Crippen MR) is 206 cm³/mol. The normalized spacial score (nSPS) is 22.4. The van der Waals surface area contributed by atoms with Crippen molar-refractivity contribution in [3.8, 4) is 17.4 Å². The smallest absolute Gasteiger partial charge is 0.265 e. The summed E-state index contributed by atoms with van der Waals surface area (Å²) in [7, 11) is 0.769. The molecule has 0 bridgehead atoms. The summed E-state index contributed by atoms with van der Waals surface area (Å²) in [4.78, 5) is 44.8. The lowest BCUT2D eigenvalue weighted by Gasteiger charge is -2.55. The van der Waals surface area contributed by atoms with Crippen molar-refractivity contribution in [1.82, 2.24) is 10.1 Å². The van der Waals surface area contributed by atoms with Crippen LogP contribution in [-0.2, 0) is 22.2 Å². The number of aromatic nitrogens is 1. The van der Waals surface area contributed by atoms with Gasteiger partial charge in [0.1, 0.15) is 42.3 Å². The number of Topliss-reactive ketones (excluding diaryl/α,β-unsaturated/α-hetero) is 2. The standard InChI is InChI=1S/C42H46N2O9Si/c1-9-17-50-36-26-16-15-24(21-45)18-27(26)34(46)31-28(36)19-25-20-29-33(44(5)6)37-32(40(43-52-37)51-22-23-13-11-10-12-14-23)39(49)42(29,38(48)30(25)35(31)47)53-54(7,8)41(2,3)4/h9-16,18,21,25,29,33,46-47H,1,17,19-20,22H2,2-8H3/t25-,29-,33-,42-/m0/s1. The van der Waals surface area contributed by atoms with Gasteiger partial charge in [0.2, 0.25) is 11.6 Å². The van der Waals surface area contributed by atoms with Crippen molar-refractivity contribution in [3.05, 3.63) is 100 Å². The van der Waals surface area contributed by atoms with Crippen LogP contribution >= 0.6 is 0 Å². The Balaban J connectivity index is 1.47. The van der Waals surface area contributed by atoms with Gasteiger partial charge in [0, 0.05) is 33.4 Å². The minimum Gasteiger partial charge on any atom is -0.507 e. The maximum Gasteiger partial charge on any atom is 0.265 e. The van der Waals surface area contributed by atoms with Crippen molar-refractivity contribution in [2.24, 2.45) is 11.8 Å². The fourth-order valence-corrected chi connectivity index (χ4v) is 9.63. The molecule has 0 saturated heterocycles. The Labute approximate surface area is 315 Å². The summed E-state index contributed by atoms with van der Waals surface area (Å²) >= 11 is 0. The summed E-state index contributed by atoms with van der Waals surface area (Å²) in [6, 6.07) is 13.6. The van der Waals surface area contributed by atoms with E-state index in [1.807, 2.05) is 83.2 Å². The van der Waals surface area contributed by atoms with Gasteiger partial charge in [0.25, 0.3) is 5.88 Å². The van der Waals surface area contributed by atoms with Crippen LogP contribution < -0.4 is 9.47 Å². The molecule has 1 saturated carbocycles. The lowest BCUT2D eigenvalue weighted by Crippen LogP contribution is -2.68. The SMILES string of the molecule is C=CCOc1c2c(c(O)c3cc(C=O)ccc13)C(O)=C1C(=O)[C@]3(O[Si](C)(C)C(C)(C)C)C(=O)c4c(OCc5ccccc5)noc4[C@@H](N(C)C)[C@@H]3C[C@@H]1C2. The summed E-state index contributed by atoms with van der Waals surface area (Å²) in [6.07, 6.45) is 2.71. The van der Waals surface area contributed by atoms with Crippen molar-refractivity contribution < 1.29 is 43.0 Å². The maximum atomic E-state index is 15.6. The van der Waals surface area contributed by atoms with Gasteiger partial charge in [-0.25, -0.2) is 0 Å². The van der Waals surface area contributed by atoms with Gasteiger partial charge in [-0.3, -0.25) is 19.3 Å². The summed E-state index contributed by atoms with van der Waals surface area (Å²) in [5.74, 6) is -2.72. The quantitative estimate of drug-likeness (QED) is 0.0709. The molecule has 4 aromatic rings. The zero-order valence-corrected chi connectivity index (χ0v) is 32.7. The first-order chi connectivity index (χ1) is 25.6. The second-order valence-electron chi connectivity index (χ2n) is 16.2. The number of ketones is 2. The summed E-state index contributed by atoms with van der Waals surface area (Å²) in [5.41, 5.74) is -0.345. The number of ether oxygens (including phenoxy) is 2. The van der Waals surface area contributed by atoms with E-state index in [0.29, 0.717) is 28.5 Å². The van der Waals surface area contributed by atoms with Crippen LogP contribution in [0, 0.1) is 11.8 Å². The number of rotatable bonds is 10. The first-order valence-corrected chi connectivity index (χ1v) is 21.0. The number of nitrogens with zero attached hydrogens (tertiary/aromatic N) is 2. The number of fused-ring (bicyclic) bond motifs is 5. The number of hydrogen-bond acceptors (Lipinski definition) is 11. The first kappa shape index (κ1) is 37.3. The van der Waals surface area contributed by atoms with Crippen LogP contribution in [0.4, 0.5) is 0 Å². The molecule has 3 aliphatic carbocycles. The third-order valence-electron chi connectivity index (χ3n) is 11.7. The Bertz CT molecular complexity index is 2230. The number of aldehydes is 1. The third kappa shape index (κ3) is 5.61. The van der Waals surface area contributed by atoms with E-state index in [1.54, 1.807) is 18.2 Å². The molecule has 11 nitrogen and oxygen atoms in total. The van der Waals surface area contributed by atoms with Gasteiger partial charge in [0.05, 0.1) is 11.6 Å². The minimum absolute atomic E-state index is 0.00540. The number of aliphatic hydroxyl groups is 1. The van der Waals surface area contributed by atoms with Gasteiger partial charge >= 0.3 is 0 Å². The summed E-state index contributed by atoms with van der Waals surface area (Å²) in [5, 5.41) is 28.8. The molecule has 0 aliphatic heterocycles. The molecule has 3 aromatic carbocycles. The van der Waals surface area contributed by atoms with Crippen LogP contribution in [-0.4, -0.2) is 72.7 Å². The molecular formula is C42H46N2O9Si. The second kappa shape index (κ2) is 13.4. The number of phenols is 1. The Morgan fingerprint density at radius 3 is 2.41 bits per heavy atom. The number of benzene rings is 3. The number of carbonyl (C=O) groups excluding carboxylic acids is 3. The highest BCUT2D eigenvalue weighted by Gasteiger charge is 2.69. The average molecular weight is 751 g/mol. The number of hydrogen-bond donors (Lipinski definition) is 2. The molecule has 4 atom stereocenters. The molecule has 0 radical (unpaired) electrons. The number of aromatic hydroxyl groups is 1. The Hall–Kier alpha value is -5.04. The summed E-state index contributed by atoms with van der Waals surface area (Å²) in [6.45, 7) is 14.1. The number of aliphatic hydroxyl groups excluding tert-OH is 1. The van der Waals surface area contributed by atoms with Crippen molar-refractivity contribution >= 4 is 42.7 Å². The van der Waals surface area contributed by atoms with Crippen molar-refractivity contribution in [3.63, 3.8) is 0 Å². The predicted octanol–water partition coefficient (Wildman–Crippen LogP) is 7.78. The number of phenolic OH excluding ortho intramolecular Hbond substituents is 1. The van der Waals surface area contributed by atoms with Crippen LogP contribution in [0.15, 0.2) is 71.3 Å². The molecule has 282 valence electrons. The van der Waals surface area contributed by atoms with Gasteiger partial charge < -0.3 is 28.6 Å². The van der Waals surface area contributed by atoms with E-state index in [0.717, 1.165) is 5.56 Å². The average Bonchev–Trinajstić information content (AvgIpc) is 3.54. The highest BCUT2D eigenvalue weighted by Crippen LogP contribution is 2.60. The topological polar surface area (TPSA) is 149 Å². The van der Waals surface area contributed by atoms with Crippen molar-refractivity contribution in [2.75, 3.05) is 20.7 Å². The highest BCUT2D eigenvalue weighted by atomic mass is 28.4. The zero-order chi connectivity index (χ0) is 38.9. The summed E-state index contributed by atoms with van der Waals surface area (Å²) < 4.78 is 25.5. The minimum atomic E-state index is -2.95. The molecule has 1 fully saturated rings. The van der Waals surface area contributed by atoms with Crippen LogP contribution in [0.25, 0.3) is 16.5 Å². The molecule has 54 heavy (non-hydrogen) atoms. The van der Waals surface area contributed by atoms with Gasteiger partial charge in [-0.05, 0) is 73.8 Å². The maximum absolute atomic E-state index is 15.6. The van der Waals surface area contributed by atoms with Gasteiger partial charge in [-0.2, -0.15) is 0 Å². The van der Waals surface area contributed by atoms with Crippen molar-refractivity contribution in [2.45, 2.75) is 70.0 Å². The van der Waals surface area contributed by atoms with E-state index in [4.69, 9.17) is 18.4 Å². The van der Waals surface area contributed by atoms with Gasteiger partial charge in [-0.15, -0.1) is 0 Å². The number of carbonyl (C=O) groups is 3. The molecule has 7 rings (SSSR count). The van der Waals surface area contributed by atoms with Crippen molar-refractivity contribution in [1.29, 1.82) is 0 Å². The zero-order valence-electron chi connectivity index (χ0n) is 31.7. The monoisotopic (exact) mass is 750 g/mol. The fourth-order valence-electron chi connectivity index (χ4n) is 8.18. The van der Waals surface area contributed by atoms with E-state index >= 15 is 9.59 Å². The van der Waals surface area contributed by atoms with Gasteiger partial charge in [-0.1, -0.05) is 69.8 Å². The molecule has 0 amide bonds. The van der Waals surface area contributed by atoms with E-state index in [9.17, 15) is 15.0 Å². The first-order valence-electron chi connectivity index (χ1n) is 18.1. The van der Waals surface area contributed by atoms with E-state index in [1.165, 1.54) is 6.07 Å². The van der Waals surface area contributed by atoms with E-state index in [2.05, 4.69) is 11.7 Å². The lowest BCUT2D eigenvalue weighted by molar-refractivity contribution is -0.140. The van der Waals surface area contributed by atoms with Crippen LogP contribution in [0.1, 0.15) is 76.4 Å². The molecule has 0 unspecified atom stereocenters. The Kier molecular flexibility index (Phi) is 9.23. The van der Waals surface area contributed by atoms with E-state index < -0.39 is 54.2 Å². The molecule has 12 heteroatoms. The molecular weight excluding hydrogens is 705 g/mol. The lowest BCUT2D eigenvalue weighted by atomic mass is 9.57. The fraction of sp³-hybridized carbons (Fsp3) is 0.381. The third-order valence-corrected chi connectivity index (χ3v) is 16.2. The molecule has 3 aliphatic rings. The van der Waals surface area contributed by atoms with Gasteiger partial charge in [0.15, 0.2) is 19.7 Å². The van der Waals surface area contributed by atoms with Crippen LogP contribution in [0.5, 0.6) is 17.4 Å². The van der Waals surface area contributed by atoms with Crippen LogP contribution in [0.2, 0.25) is 18.1 Å². The molecule has 2 N–H and O–H groups in total. The largest absolute Gasteiger partial charge is 0.507 e. The second-order valence-corrected chi connectivity index (χ2v) is 21.0. The molecule has 1 aromatic heterocycles.